The fraction of sp³-hybridized carbons (Fsp3) is 0.349. The van der Waals surface area contributed by atoms with Crippen LogP contribution in [0.3, 0.4) is 0 Å². The van der Waals surface area contributed by atoms with Gasteiger partial charge >= 0.3 is 47.8 Å². The summed E-state index contributed by atoms with van der Waals surface area (Å²) in [4.78, 5) is 106. The maximum absolute atomic E-state index is 13.9. The summed E-state index contributed by atoms with van der Waals surface area (Å²) in [5.74, 6) is -4.20. The number of fused-ring (bicyclic) bond motifs is 2. The first-order valence-electron chi connectivity index (χ1n) is 27.3. The van der Waals surface area contributed by atoms with E-state index in [0.717, 1.165) is 46.7 Å². The average Bonchev–Trinajstić information content (AvgIpc) is 3.95. The Morgan fingerprint density at radius 2 is 0.940 bits per heavy atom. The second-order valence-electron chi connectivity index (χ2n) is 20.2. The number of aryl methyl sites for hydroxylation is 2. The lowest BCUT2D eigenvalue weighted by molar-refractivity contribution is -0.154. The number of hydrogen-bond donors (Lipinski definition) is 0. The van der Waals surface area contributed by atoms with Crippen molar-refractivity contribution in [3.05, 3.63) is 145 Å². The zero-order valence-electron chi connectivity index (χ0n) is 46.4. The Balaban J connectivity index is 0.851. The second kappa shape index (κ2) is 28.7. The van der Waals surface area contributed by atoms with Crippen molar-refractivity contribution < 1.29 is 90.5 Å². The van der Waals surface area contributed by atoms with Crippen molar-refractivity contribution in [3.63, 3.8) is 0 Å². The molecule has 0 spiro atoms. The number of carbonyl (C=O) groups is 8. The van der Waals surface area contributed by atoms with Crippen molar-refractivity contribution >= 4 is 69.3 Å². The number of ether oxygens (including phenoxy) is 11. The molecular formula is C63H63NO19S. The Bertz CT molecular complexity index is 3110. The van der Waals surface area contributed by atoms with E-state index < -0.39 is 89.7 Å². The molecule has 440 valence electrons. The fourth-order valence-corrected chi connectivity index (χ4v) is 10.8. The molecule has 3 unspecified atom stereocenters. The third-order valence-corrected chi connectivity index (χ3v) is 15.4. The van der Waals surface area contributed by atoms with Crippen molar-refractivity contribution in [2.45, 2.75) is 89.9 Å². The van der Waals surface area contributed by atoms with Crippen LogP contribution < -0.4 is 33.2 Å². The summed E-state index contributed by atoms with van der Waals surface area (Å²) >= 11 is 1.29. The number of aromatic nitrogens is 1. The third-order valence-electron chi connectivity index (χ3n) is 14.2. The van der Waals surface area contributed by atoms with Gasteiger partial charge in [-0.1, -0.05) is 32.4 Å². The molecule has 2 aliphatic carbocycles. The standard InChI is InChI=1S/C63H63NO19S/c1-7-53(65)75-34-46(77-55(67)9-3)32-73-42-19-23-44(24-20-42)79-60(69)38-11-15-40(16-12-38)62(71)82-49-27-28-50(58-57(49)64-59(84-58)52-31-48-37(6)29-36(5)30-51(48)81-52)83-63(72)41-17-13-39(14-18-41)61(70)80-45-25-21-43(22-26-45)74-33-47(78-56(68)10-4)35-76-54(66)8-2/h7-10,19-30,38-41,46-47,52H,1-4,11-18,31-35H2,5-6H3. The molecule has 3 atom stereocenters. The smallest absolute Gasteiger partial charge is 0.330 e. The molecule has 0 bridgehead atoms. The molecule has 2 heterocycles. The summed E-state index contributed by atoms with van der Waals surface area (Å²) in [6.07, 6.45) is 5.14. The first kappa shape index (κ1) is 61.0. The van der Waals surface area contributed by atoms with Crippen LogP contribution in [0.2, 0.25) is 0 Å². The van der Waals surface area contributed by atoms with Gasteiger partial charge in [-0.25, -0.2) is 24.2 Å². The Morgan fingerprint density at radius 1 is 0.536 bits per heavy atom. The third kappa shape index (κ3) is 16.3. The molecule has 8 rings (SSSR count). The van der Waals surface area contributed by atoms with E-state index in [1.54, 1.807) is 60.7 Å². The van der Waals surface area contributed by atoms with Gasteiger partial charge in [-0.3, -0.25) is 19.2 Å². The Hall–Kier alpha value is -9.11. The summed E-state index contributed by atoms with van der Waals surface area (Å²) in [5, 5.41) is 0.606. The molecule has 0 amide bonds. The zero-order chi connectivity index (χ0) is 59.9. The summed E-state index contributed by atoms with van der Waals surface area (Å²) in [6, 6.07) is 19.7. The number of thiazole rings is 1. The average molecular weight is 1170 g/mol. The van der Waals surface area contributed by atoms with Gasteiger partial charge in [0.2, 0.25) is 0 Å². The second-order valence-corrected chi connectivity index (χ2v) is 21.2. The lowest BCUT2D eigenvalue weighted by Crippen LogP contribution is -2.30. The molecule has 0 N–H and O–H groups in total. The zero-order valence-corrected chi connectivity index (χ0v) is 47.2. The van der Waals surface area contributed by atoms with Crippen LogP contribution >= 0.6 is 11.3 Å². The minimum atomic E-state index is -0.928. The molecule has 0 saturated heterocycles. The van der Waals surface area contributed by atoms with Crippen molar-refractivity contribution in [1.29, 1.82) is 0 Å². The monoisotopic (exact) mass is 1170 g/mol. The molecule has 5 aromatic rings. The van der Waals surface area contributed by atoms with Gasteiger partial charge in [-0.05, 0) is 143 Å². The van der Waals surface area contributed by atoms with Gasteiger partial charge in [-0.15, -0.1) is 11.3 Å². The molecular weight excluding hydrogens is 1110 g/mol. The van der Waals surface area contributed by atoms with Crippen LogP contribution in [0, 0.1) is 37.5 Å². The highest BCUT2D eigenvalue weighted by molar-refractivity contribution is 7.19. The van der Waals surface area contributed by atoms with Gasteiger partial charge in [0.15, 0.2) is 29.8 Å². The van der Waals surface area contributed by atoms with E-state index in [1.807, 2.05) is 19.9 Å². The Labute approximate surface area is 488 Å². The van der Waals surface area contributed by atoms with Crippen LogP contribution in [-0.4, -0.2) is 91.4 Å². The predicted molar refractivity (Wildman–Crippen MR) is 302 cm³/mol. The van der Waals surface area contributed by atoms with E-state index in [9.17, 15) is 38.4 Å². The molecule has 20 nitrogen and oxygen atoms in total. The minimum absolute atomic E-state index is 0.146. The van der Waals surface area contributed by atoms with Gasteiger partial charge in [-0.2, -0.15) is 0 Å². The number of esters is 8. The van der Waals surface area contributed by atoms with E-state index in [1.165, 1.54) is 11.3 Å². The van der Waals surface area contributed by atoms with Gasteiger partial charge in [0.25, 0.3) is 0 Å². The number of carbonyl (C=O) groups excluding carboxylic acids is 8. The van der Waals surface area contributed by atoms with Gasteiger partial charge in [0, 0.05) is 36.3 Å². The topological polar surface area (TPSA) is 251 Å². The van der Waals surface area contributed by atoms with E-state index in [4.69, 9.17) is 57.1 Å². The number of rotatable bonds is 25. The first-order chi connectivity index (χ1) is 40.5. The van der Waals surface area contributed by atoms with Crippen LogP contribution in [-0.2, 0) is 63.7 Å². The molecule has 4 aromatic carbocycles. The minimum Gasteiger partial charge on any atom is -0.490 e. The highest BCUT2D eigenvalue weighted by Gasteiger charge is 2.36. The van der Waals surface area contributed by atoms with Gasteiger partial charge < -0.3 is 52.1 Å². The Kier molecular flexibility index (Phi) is 20.9. The number of benzene rings is 4. The summed E-state index contributed by atoms with van der Waals surface area (Å²) in [5.41, 5.74) is 3.55. The highest BCUT2D eigenvalue weighted by Crippen LogP contribution is 2.46. The van der Waals surface area contributed by atoms with Crippen molar-refractivity contribution in [2.24, 2.45) is 23.7 Å². The summed E-state index contributed by atoms with van der Waals surface area (Å²) < 4.78 is 62.4. The quantitative estimate of drug-likeness (QED) is 0.0228. The number of nitrogens with zero attached hydrogens (tertiary/aromatic N) is 1. The molecule has 21 heteroatoms. The molecule has 3 aliphatic rings. The van der Waals surface area contributed by atoms with Crippen LogP contribution in [0.5, 0.6) is 40.2 Å². The maximum Gasteiger partial charge on any atom is 0.330 e. The van der Waals surface area contributed by atoms with Crippen molar-refractivity contribution in [3.8, 4) is 40.2 Å². The largest absolute Gasteiger partial charge is 0.490 e. The maximum atomic E-state index is 13.9. The van der Waals surface area contributed by atoms with Gasteiger partial charge in [0.05, 0.1) is 23.7 Å². The van der Waals surface area contributed by atoms with E-state index in [0.29, 0.717) is 84.5 Å². The lowest BCUT2D eigenvalue weighted by Gasteiger charge is -2.26. The first-order valence-corrected chi connectivity index (χ1v) is 28.1. The van der Waals surface area contributed by atoms with Crippen LogP contribution in [0.4, 0.5) is 0 Å². The van der Waals surface area contributed by atoms with E-state index in [-0.39, 0.29) is 49.4 Å². The van der Waals surface area contributed by atoms with Crippen LogP contribution in [0.25, 0.3) is 10.2 Å². The molecule has 1 aromatic heterocycles. The van der Waals surface area contributed by atoms with Crippen LogP contribution in [0.15, 0.2) is 123 Å². The summed E-state index contributed by atoms with van der Waals surface area (Å²) in [6.45, 7) is 16.6. The molecule has 1 aliphatic heterocycles. The normalized spacial score (nSPS) is 18.6. The fourth-order valence-electron chi connectivity index (χ4n) is 9.74. The van der Waals surface area contributed by atoms with Crippen molar-refractivity contribution in [1.82, 2.24) is 4.98 Å². The van der Waals surface area contributed by atoms with Crippen LogP contribution in [0.1, 0.15) is 79.2 Å². The van der Waals surface area contributed by atoms with Gasteiger partial charge in [0.1, 0.15) is 70.4 Å². The SMILES string of the molecule is C=CC(=O)OCC(COc1ccc(OC(=O)C2CCC(C(=O)Oc3ccc(OC(=O)C4CCC(C(=O)Oc5ccc(OCC(COC(=O)C=C)OC(=O)C=C)cc5)CC4)c4sc(C5Cc6c(C)cc(C)cc6O5)nc34)CC2)cc1)OC(=O)C=C. The molecule has 2 saturated carbocycles. The van der Waals surface area contributed by atoms with E-state index >= 15 is 0 Å². The molecule has 2 fully saturated rings. The Morgan fingerprint density at radius 3 is 1.38 bits per heavy atom. The lowest BCUT2D eigenvalue weighted by atomic mass is 9.82. The van der Waals surface area contributed by atoms with Crippen molar-refractivity contribution in [2.75, 3.05) is 26.4 Å². The molecule has 84 heavy (non-hydrogen) atoms. The summed E-state index contributed by atoms with van der Waals surface area (Å²) in [7, 11) is 0. The molecule has 0 radical (unpaired) electrons. The highest BCUT2D eigenvalue weighted by atomic mass is 32.1. The number of hydrogen-bond acceptors (Lipinski definition) is 21. The van der Waals surface area contributed by atoms with E-state index in [2.05, 4.69) is 32.4 Å². The predicted octanol–water partition coefficient (Wildman–Crippen LogP) is 9.64.